The number of hydrogen-bond donors (Lipinski definition) is 2. The second-order valence-electron chi connectivity index (χ2n) is 6.72. The van der Waals surface area contributed by atoms with Gasteiger partial charge in [0.15, 0.2) is 0 Å². The Morgan fingerprint density at radius 2 is 1.71 bits per heavy atom. The maximum Gasteiger partial charge on any atom is 0.255 e. The Morgan fingerprint density at radius 1 is 0.968 bits per heavy atom. The number of methoxy groups -OCH3 is 1. The quantitative estimate of drug-likeness (QED) is 0.403. The van der Waals surface area contributed by atoms with Gasteiger partial charge in [-0.2, -0.15) is 0 Å². The van der Waals surface area contributed by atoms with Gasteiger partial charge in [-0.25, -0.2) is 0 Å². The maximum absolute atomic E-state index is 12.7. The molecule has 31 heavy (non-hydrogen) atoms. The summed E-state index contributed by atoms with van der Waals surface area (Å²) in [4.78, 5) is 26.1. The normalized spacial score (nSPS) is 11.5. The first-order valence-electron chi connectivity index (χ1n) is 9.77. The summed E-state index contributed by atoms with van der Waals surface area (Å²) < 4.78 is 5.14. The molecule has 3 aromatic carbocycles. The smallest absolute Gasteiger partial charge is 0.255 e. The third-order valence-corrected chi connectivity index (χ3v) is 6.07. The monoisotopic (exact) mass is 454 g/mol. The SMILES string of the molecule is CCC(Sc1cccc(NC(=O)c2cccc(Cl)c2)c1)C(=O)Nc1ccc(OC)cc1. The van der Waals surface area contributed by atoms with Crippen LogP contribution < -0.4 is 15.4 Å². The standard InChI is InChI=1S/C24H23ClN2O3S/c1-3-22(24(29)26-18-10-12-20(30-2)13-11-18)31-21-9-5-8-19(15-21)27-23(28)16-6-4-7-17(25)14-16/h4-15,22H,3H2,1-2H3,(H,26,29)(H,27,28). The Balaban J connectivity index is 1.64. The number of halogens is 1. The van der Waals surface area contributed by atoms with E-state index in [1.54, 1.807) is 55.6 Å². The van der Waals surface area contributed by atoms with Gasteiger partial charge in [0.25, 0.3) is 5.91 Å². The summed E-state index contributed by atoms with van der Waals surface area (Å²) in [6, 6.07) is 21.4. The van der Waals surface area contributed by atoms with Crippen LogP contribution in [0, 0.1) is 0 Å². The highest BCUT2D eigenvalue weighted by molar-refractivity contribution is 8.00. The van der Waals surface area contributed by atoms with Crippen LogP contribution in [0.2, 0.25) is 5.02 Å². The molecule has 3 rings (SSSR count). The maximum atomic E-state index is 12.7. The van der Waals surface area contributed by atoms with Crippen molar-refractivity contribution in [3.05, 3.63) is 83.4 Å². The summed E-state index contributed by atoms with van der Waals surface area (Å²) in [6.45, 7) is 1.97. The predicted molar refractivity (Wildman–Crippen MR) is 127 cm³/mol. The molecular formula is C24H23ClN2O3S. The van der Waals surface area contributed by atoms with Crippen molar-refractivity contribution in [2.75, 3.05) is 17.7 Å². The number of hydrogen-bond acceptors (Lipinski definition) is 4. The summed E-state index contributed by atoms with van der Waals surface area (Å²) in [7, 11) is 1.60. The van der Waals surface area contributed by atoms with E-state index in [9.17, 15) is 9.59 Å². The molecule has 0 saturated heterocycles. The topological polar surface area (TPSA) is 67.4 Å². The highest BCUT2D eigenvalue weighted by atomic mass is 35.5. The van der Waals surface area contributed by atoms with Gasteiger partial charge in [0.05, 0.1) is 12.4 Å². The second kappa shape index (κ2) is 10.9. The van der Waals surface area contributed by atoms with E-state index in [0.29, 0.717) is 28.4 Å². The molecule has 0 radical (unpaired) electrons. The van der Waals surface area contributed by atoms with Gasteiger partial charge < -0.3 is 15.4 Å². The predicted octanol–water partition coefficient (Wildman–Crippen LogP) is 6.11. The molecular weight excluding hydrogens is 432 g/mol. The molecule has 0 aliphatic carbocycles. The van der Waals surface area contributed by atoms with E-state index in [1.807, 2.05) is 31.2 Å². The van der Waals surface area contributed by atoms with E-state index in [1.165, 1.54) is 11.8 Å². The number of amides is 2. The fraction of sp³-hybridized carbons (Fsp3) is 0.167. The number of ether oxygens (including phenoxy) is 1. The molecule has 0 aliphatic rings. The molecule has 3 aromatic rings. The van der Waals surface area contributed by atoms with Gasteiger partial charge in [0.2, 0.25) is 5.91 Å². The zero-order valence-corrected chi connectivity index (χ0v) is 18.8. The minimum atomic E-state index is -0.277. The van der Waals surface area contributed by atoms with E-state index in [4.69, 9.17) is 16.3 Å². The van der Waals surface area contributed by atoms with Crippen LogP contribution in [0.15, 0.2) is 77.7 Å². The first kappa shape index (κ1) is 22.7. The van der Waals surface area contributed by atoms with Gasteiger partial charge in [-0.3, -0.25) is 9.59 Å². The van der Waals surface area contributed by atoms with Crippen molar-refractivity contribution in [3.63, 3.8) is 0 Å². The van der Waals surface area contributed by atoms with Gasteiger partial charge in [0, 0.05) is 26.9 Å². The number of thioether (sulfide) groups is 1. The third kappa shape index (κ3) is 6.51. The van der Waals surface area contributed by atoms with Crippen molar-refractivity contribution in [1.29, 1.82) is 0 Å². The lowest BCUT2D eigenvalue weighted by Gasteiger charge is -2.16. The van der Waals surface area contributed by atoms with Crippen molar-refractivity contribution in [2.45, 2.75) is 23.5 Å². The number of carbonyl (C=O) groups excluding carboxylic acids is 2. The summed E-state index contributed by atoms with van der Waals surface area (Å²) in [5, 5.41) is 6.04. The average molecular weight is 455 g/mol. The highest BCUT2D eigenvalue weighted by Gasteiger charge is 2.18. The van der Waals surface area contributed by atoms with E-state index in [-0.39, 0.29) is 17.1 Å². The van der Waals surface area contributed by atoms with Crippen molar-refractivity contribution < 1.29 is 14.3 Å². The molecule has 5 nitrogen and oxygen atoms in total. The molecule has 1 unspecified atom stereocenters. The number of carbonyl (C=O) groups is 2. The van der Waals surface area contributed by atoms with Gasteiger partial charge in [0.1, 0.15) is 5.75 Å². The summed E-state index contributed by atoms with van der Waals surface area (Å²) in [5.41, 5.74) is 1.85. The molecule has 0 aliphatic heterocycles. The zero-order chi connectivity index (χ0) is 22.2. The van der Waals surface area contributed by atoms with Gasteiger partial charge in [-0.15, -0.1) is 11.8 Å². The summed E-state index contributed by atoms with van der Waals surface area (Å²) in [5.74, 6) is 0.413. The Hall–Kier alpha value is -2.96. The van der Waals surface area contributed by atoms with Crippen LogP contribution in [-0.2, 0) is 4.79 Å². The molecule has 2 N–H and O–H groups in total. The molecule has 0 bridgehead atoms. The molecule has 0 saturated carbocycles. The highest BCUT2D eigenvalue weighted by Crippen LogP contribution is 2.29. The van der Waals surface area contributed by atoms with E-state index in [2.05, 4.69) is 10.6 Å². The summed E-state index contributed by atoms with van der Waals surface area (Å²) >= 11 is 7.42. The van der Waals surface area contributed by atoms with Crippen molar-refractivity contribution >= 4 is 46.6 Å². The minimum Gasteiger partial charge on any atom is -0.497 e. The van der Waals surface area contributed by atoms with E-state index in [0.717, 1.165) is 10.6 Å². The Kier molecular flexibility index (Phi) is 7.98. The van der Waals surface area contributed by atoms with Gasteiger partial charge in [-0.1, -0.05) is 30.7 Å². The van der Waals surface area contributed by atoms with Gasteiger partial charge in [-0.05, 0) is 67.1 Å². The number of nitrogens with one attached hydrogen (secondary N) is 2. The first-order valence-corrected chi connectivity index (χ1v) is 11.0. The van der Waals surface area contributed by atoms with Crippen LogP contribution in [0.3, 0.4) is 0 Å². The molecule has 1 atom stereocenters. The Bertz CT molecular complexity index is 1060. The lowest BCUT2D eigenvalue weighted by molar-refractivity contribution is -0.115. The molecule has 0 heterocycles. The largest absolute Gasteiger partial charge is 0.497 e. The Morgan fingerprint density at radius 3 is 2.39 bits per heavy atom. The molecule has 0 fully saturated rings. The lowest BCUT2D eigenvalue weighted by atomic mass is 10.2. The third-order valence-electron chi connectivity index (χ3n) is 4.48. The zero-order valence-electron chi connectivity index (χ0n) is 17.2. The number of rotatable bonds is 8. The second-order valence-corrected chi connectivity index (χ2v) is 8.44. The van der Waals surface area contributed by atoms with Crippen LogP contribution >= 0.6 is 23.4 Å². The van der Waals surface area contributed by atoms with E-state index < -0.39 is 0 Å². The van der Waals surface area contributed by atoms with Gasteiger partial charge >= 0.3 is 0 Å². The first-order chi connectivity index (χ1) is 15.0. The average Bonchev–Trinajstić information content (AvgIpc) is 2.78. The van der Waals surface area contributed by atoms with Crippen molar-refractivity contribution in [3.8, 4) is 5.75 Å². The van der Waals surface area contributed by atoms with Crippen LogP contribution in [0.4, 0.5) is 11.4 Å². The Labute approximate surface area is 191 Å². The van der Waals surface area contributed by atoms with Crippen LogP contribution in [0.25, 0.3) is 0 Å². The molecule has 160 valence electrons. The van der Waals surface area contributed by atoms with Crippen LogP contribution in [0.5, 0.6) is 5.75 Å². The minimum absolute atomic E-state index is 0.0777. The molecule has 7 heteroatoms. The lowest BCUT2D eigenvalue weighted by Crippen LogP contribution is -2.24. The molecule has 0 aromatic heterocycles. The van der Waals surface area contributed by atoms with Crippen molar-refractivity contribution in [2.24, 2.45) is 0 Å². The fourth-order valence-electron chi connectivity index (χ4n) is 2.86. The summed E-state index contributed by atoms with van der Waals surface area (Å²) in [6.07, 6.45) is 0.658. The number of anilines is 2. The van der Waals surface area contributed by atoms with Crippen molar-refractivity contribution in [1.82, 2.24) is 0 Å². The van der Waals surface area contributed by atoms with Crippen LogP contribution in [-0.4, -0.2) is 24.2 Å². The molecule has 0 spiro atoms. The van der Waals surface area contributed by atoms with E-state index >= 15 is 0 Å². The van der Waals surface area contributed by atoms with Crippen LogP contribution in [0.1, 0.15) is 23.7 Å². The fourth-order valence-corrected chi connectivity index (χ4v) is 4.07. The molecule has 2 amide bonds. The number of benzene rings is 3.